The van der Waals surface area contributed by atoms with Gasteiger partial charge in [0.25, 0.3) is 0 Å². The summed E-state index contributed by atoms with van der Waals surface area (Å²) in [6.07, 6.45) is 5.15. The van der Waals surface area contributed by atoms with Gasteiger partial charge in [0.1, 0.15) is 23.8 Å². The molecule has 0 unspecified atom stereocenters. The topological polar surface area (TPSA) is 89.2 Å². The van der Waals surface area contributed by atoms with Gasteiger partial charge in [-0.2, -0.15) is 4.99 Å². The van der Waals surface area contributed by atoms with Crippen LogP contribution in [-0.4, -0.2) is 17.6 Å². The predicted molar refractivity (Wildman–Crippen MR) is 109 cm³/mol. The Hall–Kier alpha value is -3.09. The highest BCUT2D eigenvalue weighted by Crippen LogP contribution is 2.39. The van der Waals surface area contributed by atoms with Gasteiger partial charge < -0.3 is 16.2 Å². The first-order chi connectivity index (χ1) is 13.6. The molecule has 7 heteroatoms. The maximum absolute atomic E-state index is 13.0. The van der Waals surface area contributed by atoms with Crippen LogP contribution in [-0.2, 0) is 6.61 Å². The second-order valence-corrected chi connectivity index (χ2v) is 7.23. The average Bonchev–Trinajstić information content (AvgIpc) is 2.68. The van der Waals surface area contributed by atoms with Crippen LogP contribution in [0.3, 0.4) is 0 Å². The first-order valence-electron chi connectivity index (χ1n) is 9.53. The first-order valence-corrected chi connectivity index (χ1v) is 9.53. The number of hydrogen-bond acceptors (Lipinski definition) is 6. The quantitative estimate of drug-likeness (QED) is 0.848. The fourth-order valence-electron chi connectivity index (χ4n) is 3.93. The van der Waals surface area contributed by atoms with Crippen molar-refractivity contribution in [2.75, 3.05) is 4.90 Å². The molecule has 1 spiro atoms. The molecule has 4 N–H and O–H groups in total. The standard InChI is InChI=1S/C21H24FN5O/c22-16-6-4-15(5-7-16)14-28-18-10-8-17(9-11-18)27-20(24)25-19(23)26-21(27)12-2-1-3-13-21/h4-11H,1-3,12-14H2,(H4,23,24,25,26). The van der Waals surface area contributed by atoms with Crippen molar-refractivity contribution in [3.8, 4) is 5.75 Å². The summed E-state index contributed by atoms with van der Waals surface area (Å²) >= 11 is 0. The van der Waals surface area contributed by atoms with Crippen LogP contribution in [0.4, 0.5) is 10.1 Å². The normalized spacial score (nSPS) is 18.5. The molecule has 0 bridgehead atoms. The molecule has 6 nitrogen and oxygen atoms in total. The lowest BCUT2D eigenvalue weighted by molar-refractivity contribution is 0.303. The van der Waals surface area contributed by atoms with Crippen molar-refractivity contribution < 1.29 is 9.13 Å². The summed E-state index contributed by atoms with van der Waals surface area (Å²) in [5.41, 5.74) is 13.5. The molecule has 2 aliphatic rings. The summed E-state index contributed by atoms with van der Waals surface area (Å²) < 4.78 is 18.8. The number of halogens is 1. The Balaban J connectivity index is 1.52. The van der Waals surface area contributed by atoms with Crippen LogP contribution >= 0.6 is 0 Å². The van der Waals surface area contributed by atoms with Crippen LogP contribution in [0, 0.1) is 5.82 Å². The van der Waals surface area contributed by atoms with Gasteiger partial charge in [-0.3, -0.25) is 4.90 Å². The van der Waals surface area contributed by atoms with Crippen LogP contribution in [0.15, 0.2) is 58.5 Å². The van der Waals surface area contributed by atoms with Crippen LogP contribution < -0.4 is 21.1 Å². The largest absolute Gasteiger partial charge is 0.489 e. The molecule has 146 valence electrons. The molecule has 0 saturated heterocycles. The number of aliphatic imine (C=N–C) groups is 2. The smallest absolute Gasteiger partial charge is 0.220 e. The highest BCUT2D eigenvalue weighted by Gasteiger charge is 2.42. The van der Waals surface area contributed by atoms with E-state index in [0.29, 0.717) is 12.6 Å². The maximum Gasteiger partial charge on any atom is 0.220 e. The predicted octanol–water partition coefficient (Wildman–Crippen LogP) is 3.51. The van der Waals surface area contributed by atoms with Crippen molar-refractivity contribution in [2.45, 2.75) is 44.4 Å². The molecule has 1 heterocycles. The summed E-state index contributed by atoms with van der Waals surface area (Å²) in [6.45, 7) is 0.373. The molecular formula is C21H24FN5O. The Morgan fingerprint density at radius 1 is 0.964 bits per heavy atom. The molecule has 2 aromatic carbocycles. The molecule has 4 rings (SSSR count). The molecule has 1 aliphatic carbocycles. The van der Waals surface area contributed by atoms with Gasteiger partial charge in [-0.1, -0.05) is 18.6 Å². The monoisotopic (exact) mass is 381 g/mol. The minimum atomic E-state index is -0.454. The third kappa shape index (κ3) is 3.65. The van der Waals surface area contributed by atoms with Crippen LogP contribution in [0.1, 0.15) is 37.7 Å². The zero-order chi connectivity index (χ0) is 19.6. The first kappa shape index (κ1) is 18.3. The van der Waals surface area contributed by atoms with E-state index in [0.717, 1.165) is 42.7 Å². The van der Waals surface area contributed by atoms with Crippen molar-refractivity contribution in [2.24, 2.45) is 21.5 Å². The average molecular weight is 381 g/mol. The van der Waals surface area contributed by atoms with E-state index < -0.39 is 5.66 Å². The third-order valence-electron chi connectivity index (χ3n) is 5.27. The fourth-order valence-corrected chi connectivity index (χ4v) is 3.93. The van der Waals surface area contributed by atoms with Gasteiger partial charge in [-0.25, -0.2) is 9.38 Å². The van der Waals surface area contributed by atoms with E-state index in [4.69, 9.17) is 16.2 Å². The van der Waals surface area contributed by atoms with Gasteiger partial charge >= 0.3 is 0 Å². The van der Waals surface area contributed by atoms with Crippen LogP contribution in [0.25, 0.3) is 0 Å². The number of nitrogens with two attached hydrogens (primary N) is 2. The van der Waals surface area contributed by atoms with E-state index in [-0.39, 0.29) is 11.8 Å². The summed E-state index contributed by atoms with van der Waals surface area (Å²) in [6, 6.07) is 14.0. The van der Waals surface area contributed by atoms with Crippen molar-refractivity contribution in [3.05, 3.63) is 59.9 Å². The van der Waals surface area contributed by atoms with E-state index in [2.05, 4.69) is 9.98 Å². The summed E-state index contributed by atoms with van der Waals surface area (Å²) in [5, 5.41) is 0. The zero-order valence-corrected chi connectivity index (χ0v) is 15.6. The Bertz CT molecular complexity index is 886. The lowest BCUT2D eigenvalue weighted by atomic mass is 9.87. The molecule has 1 saturated carbocycles. The minimum Gasteiger partial charge on any atom is -0.489 e. The maximum atomic E-state index is 13.0. The van der Waals surface area contributed by atoms with Gasteiger partial charge in [0.2, 0.25) is 11.9 Å². The Labute approximate surface area is 163 Å². The highest BCUT2D eigenvalue weighted by molar-refractivity contribution is 6.05. The number of hydrogen-bond donors (Lipinski definition) is 2. The summed E-state index contributed by atoms with van der Waals surface area (Å²) in [7, 11) is 0. The number of ether oxygens (including phenoxy) is 1. The lowest BCUT2D eigenvalue weighted by Gasteiger charge is -2.45. The second-order valence-electron chi connectivity index (χ2n) is 7.23. The Morgan fingerprint density at radius 2 is 1.64 bits per heavy atom. The Kier molecular flexibility index (Phi) is 4.90. The van der Waals surface area contributed by atoms with Gasteiger partial charge in [-0.15, -0.1) is 0 Å². The molecule has 1 fully saturated rings. The van der Waals surface area contributed by atoms with E-state index in [9.17, 15) is 4.39 Å². The van der Waals surface area contributed by atoms with E-state index in [1.807, 2.05) is 29.2 Å². The number of rotatable bonds is 4. The number of nitrogens with zero attached hydrogens (tertiary/aromatic N) is 3. The van der Waals surface area contributed by atoms with Crippen molar-refractivity contribution in [1.82, 2.24) is 0 Å². The number of anilines is 1. The van der Waals surface area contributed by atoms with Crippen LogP contribution in [0.5, 0.6) is 5.75 Å². The van der Waals surface area contributed by atoms with Crippen molar-refractivity contribution in [3.63, 3.8) is 0 Å². The van der Waals surface area contributed by atoms with E-state index >= 15 is 0 Å². The van der Waals surface area contributed by atoms with Gasteiger partial charge in [-0.05, 0) is 67.6 Å². The van der Waals surface area contributed by atoms with Gasteiger partial charge in [0.15, 0.2) is 0 Å². The molecule has 0 radical (unpaired) electrons. The molecule has 2 aromatic rings. The van der Waals surface area contributed by atoms with Crippen molar-refractivity contribution >= 4 is 17.6 Å². The Morgan fingerprint density at radius 3 is 2.32 bits per heavy atom. The second kappa shape index (κ2) is 7.50. The number of guanidine groups is 2. The number of benzene rings is 2. The summed E-state index contributed by atoms with van der Waals surface area (Å²) in [5.74, 6) is 1.08. The third-order valence-corrected chi connectivity index (χ3v) is 5.27. The SMILES string of the molecule is NC1=NC2(CCCCC2)N(c2ccc(OCc3ccc(F)cc3)cc2)C(N)=N1. The lowest BCUT2D eigenvalue weighted by Crippen LogP contribution is -2.58. The summed E-state index contributed by atoms with van der Waals surface area (Å²) in [4.78, 5) is 10.9. The van der Waals surface area contributed by atoms with E-state index in [1.165, 1.54) is 18.6 Å². The molecular weight excluding hydrogens is 357 g/mol. The molecule has 1 aliphatic heterocycles. The minimum absolute atomic E-state index is 0.245. The van der Waals surface area contributed by atoms with E-state index in [1.54, 1.807) is 12.1 Å². The fraction of sp³-hybridized carbons (Fsp3) is 0.333. The molecule has 0 atom stereocenters. The van der Waals surface area contributed by atoms with Crippen LogP contribution in [0.2, 0.25) is 0 Å². The molecule has 0 amide bonds. The van der Waals surface area contributed by atoms with Gasteiger partial charge in [0.05, 0.1) is 0 Å². The highest BCUT2D eigenvalue weighted by atomic mass is 19.1. The van der Waals surface area contributed by atoms with Crippen molar-refractivity contribution in [1.29, 1.82) is 0 Å². The molecule has 28 heavy (non-hydrogen) atoms. The molecule has 0 aromatic heterocycles. The zero-order valence-electron chi connectivity index (χ0n) is 15.6. The van der Waals surface area contributed by atoms with Gasteiger partial charge in [0, 0.05) is 5.69 Å².